The molecule has 0 radical (unpaired) electrons. The summed E-state index contributed by atoms with van der Waals surface area (Å²) in [6, 6.07) is 7.41. The highest BCUT2D eigenvalue weighted by Gasteiger charge is 2.43. The standard InChI is InChI=1S/C18H23F3N2O3/c1-13-5-2-3-6-15(13)26-12-4-7-16(24)22-14-8-10-23(11-9-14)17(25)18(19,20)21/h2-3,5-6,14H,4,7-12H2,1H3,(H,22,24). The van der Waals surface area contributed by atoms with E-state index < -0.39 is 12.1 Å². The van der Waals surface area contributed by atoms with E-state index in [1.807, 2.05) is 31.2 Å². The second-order valence-electron chi connectivity index (χ2n) is 6.35. The molecule has 1 N–H and O–H groups in total. The lowest BCUT2D eigenvalue weighted by Crippen LogP contribution is -2.50. The molecule has 1 aliphatic heterocycles. The summed E-state index contributed by atoms with van der Waals surface area (Å²) in [5.41, 5.74) is 1.03. The van der Waals surface area contributed by atoms with E-state index in [0.717, 1.165) is 16.2 Å². The lowest BCUT2D eigenvalue weighted by Gasteiger charge is -2.32. The van der Waals surface area contributed by atoms with Crippen molar-refractivity contribution in [2.24, 2.45) is 0 Å². The van der Waals surface area contributed by atoms with Crippen LogP contribution in [-0.4, -0.2) is 48.6 Å². The summed E-state index contributed by atoms with van der Waals surface area (Å²) in [5.74, 6) is -1.18. The van der Waals surface area contributed by atoms with E-state index in [-0.39, 0.29) is 31.5 Å². The third-order valence-electron chi connectivity index (χ3n) is 4.29. The van der Waals surface area contributed by atoms with Crippen molar-refractivity contribution < 1.29 is 27.5 Å². The number of hydrogen-bond donors (Lipinski definition) is 1. The van der Waals surface area contributed by atoms with E-state index in [4.69, 9.17) is 4.74 Å². The molecule has 0 aromatic heterocycles. The predicted octanol–water partition coefficient (Wildman–Crippen LogP) is 2.82. The molecule has 0 bridgehead atoms. The highest BCUT2D eigenvalue weighted by molar-refractivity contribution is 5.82. The topological polar surface area (TPSA) is 58.6 Å². The average Bonchev–Trinajstić information content (AvgIpc) is 2.59. The van der Waals surface area contributed by atoms with Gasteiger partial charge in [0.25, 0.3) is 0 Å². The molecule has 144 valence electrons. The van der Waals surface area contributed by atoms with E-state index >= 15 is 0 Å². The zero-order valence-electron chi connectivity index (χ0n) is 14.6. The molecule has 0 saturated carbocycles. The minimum Gasteiger partial charge on any atom is -0.493 e. The number of carbonyl (C=O) groups is 2. The first-order valence-corrected chi connectivity index (χ1v) is 8.61. The molecule has 0 spiro atoms. The second-order valence-corrected chi connectivity index (χ2v) is 6.35. The van der Waals surface area contributed by atoms with Gasteiger partial charge in [-0.05, 0) is 37.8 Å². The van der Waals surface area contributed by atoms with Gasteiger partial charge in [-0.15, -0.1) is 0 Å². The Bertz CT molecular complexity index is 626. The number of ether oxygens (including phenoxy) is 1. The van der Waals surface area contributed by atoms with Gasteiger partial charge in [0.2, 0.25) is 5.91 Å². The number of rotatable bonds is 6. The van der Waals surface area contributed by atoms with Gasteiger partial charge in [-0.25, -0.2) is 0 Å². The summed E-state index contributed by atoms with van der Waals surface area (Å²) in [7, 11) is 0. The van der Waals surface area contributed by atoms with Crippen molar-refractivity contribution in [1.29, 1.82) is 0 Å². The van der Waals surface area contributed by atoms with E-state index in [1.165, 1.54) is 0 Å². The van der Waals surface area contributed by atoms with Crippen LogP contribution in [0, 0.1) is 6.92 Å². The molecule has 1 fully saturated rings. The van der Waals surface area contributed by atoms with Gasteiger partial charge < -0.3 is 15.0 Å². The summed E-state index contributed by atoms with van der Waals surface area (Å²) < 4.78 is 42.8. The molecular formula is C18H23F3N2O3. The highest BCUT2D eigenvalue weighted by Crippen LogP contribution is 2.21. The quantitative estimate of drug-likeness (QED) is 0.782. The Labute approximate surface area is 150 Å². The van der Waals surface area contributed by atoms with Gasteiger partial charge in [-0.3, -0.25) is 9.59 Å². The number of nitrogens with one attached hydrogen (secondary N) is 1. The monoisotopic (exact) mass is 372 g/mol. The van der Waals surface area contributed by atoms with Crippen LogP contribution < -0.4 is 10.1 Å². The number of likely N-dealkylation sites (tertiary alicyclic amines) is 1. The summed E-state index contributed by atoms with van der Waals surface area (Å²) >= 11 is 0. The SMILES string of the molecule is Cc1ccccc1OCCCC(=O)NC1CCN(C(=O)C(F)(F)F)CC1. The first-order chi connectivity index (χ1) is 12.3. The van der Waals surface area contributed by atoms with Crippen molar-refractivity contribution in [2.45, 2.75) is 44.8 Å². The number of aryl methyl sites for hydroxylation is 1. The molecule has 0 atom stereocenters. The fraction of sp³-hybridized carbons (Fsp3) is 0.556. The van der Waals surface area contributed by atoms with Gasteiger partial charge in [0.05, 0.1) is 6.61 Å². The molecule has 2 amide bonds. The Morgan fingerprint density at radius 1 is 1.23 bits per heavy atom. The Hall–Kier alpha value is -2.25. The van der Waals surface area contributed by atoms with Crippen LogP contribution in [0.4, 0.5) is 13.2 Å². The molecule has 1 heterocycles. The molecule has 0 aliphatic carbocycles. The summed E-state index contributed by atoms with van der Waals surface area (Å²) in [6.07, 6.45) is -3.35. The zero-order chi connectivity index (χ0) is 19.2. The van der Waals surface area contributed by atoms with Crippen LogP contribution in [-0.2, 0) is 9.59 Å². The lowest BCUT2D eigenvalue weighted by atomic mass is 10.0. The summed E-state index contributed by atoms with van der Waals surface area (Å²) in [5, 5.41) is 2.81. The van der Waals surface area contributed by atoms with Crippen molar-refractivity contribution in [3.8, 4) is 5.75 Å². The molecule has 5 nitrogen and oxygen atoms in total. The maximum atomic E-state index is 12.4. The second kappa shape index (κ2) is 8.91. The first kappa shape index (κ1) is 20.1. The van der Waals surface area contributed by atoms with Gasteiger partial charge in [0, 0.05) is 25.6 Å². The molecular weight excluding hydrogens is 349 g/mol. The van der Waals surface area contributed by atoms with Gasteiger partial charge in [-0.2, -0.15) is 13.2 Å². The zero-order valence-corrected chi connectivity index (χ0v) is 14.6. The Kier molecular flexibility index (Phi) is 6.88. The molecule has 2 rings (SSSR count). The number of nitrogens with zero attached hydrogens (tertiary/aromatic N) is 1. The molecule has 0 unspecified atom stereocenters. The smallest absolute Gasteiger partial charge is 0.471 e. The number of amides is 2. The molecule has 1 aromatic carbocycles. The largest absolute Gasteiger partial charge is 0.493 e. The van der Waals surface area contributed by atoms with Crippen LogP contribution in [0.3, 0.4) is 0 Å². The third kappa shape index (κ3) is 5.93. The third-order valence-corrected chi connectivity index (χ3v) is 4.29. The minimum atomic E-state index is -4.84. The molecule has 1 aliphatic rings. The van der Waals surface area contributed by atoms with Crippen molar-refractivity contribution in [2.75, 3.05) is 19.7 Å². The van der Waals surface area contributed by atoms with Crippen LogP contribution in [0.2, 0.25) is 0 Å². The maximum Gasteiger partial charge on any atom is 0.471 e. The molecule has 1 aromatic rings. The number of benzene rings is 1. The first-order valence-electron chi connectivity index (χ1n) is 8.61. The van der Waals surface area contributed by atoms with Gasteiger partial charge in [0.15, 0.2) is 0 Å². The number of alkyl halides is 3. The van der Waals surface area contributed by atoms with Crippen LogP contribution in [0.5, 0.6) is 5.75 Å². The Balaban J connectivity index is 1.63. The summed E-state index contributed by atoms with van der Waals surface area (Å²) in [6.45, 7) is 2.36. The summed E-state index contributed by atoms with van der Waals surface area (Å²) in [4.78, 5) is 23.9. The van der Waals surface area contributed by atoms with E-state index in [0.29, 0.717) is 25.9 Å². The normalized spacial score (nSPS) is 15.6. The van der Waals surface area contributed by atoms with Crippen LogP contribution in [0.15, 0.2) is 24.3 Å². The van der Waals surface area contributed by atoms with E-state index in [2.05, 4.69) is 5.32 Å². The molecule has 26 heavy (non-hydrogen) atoms. The average molecular weight is 372 g/mol. The van der Waals surface area contributed by atoms with Crippen molar-refractivity contribution in [1.82, 2.24) is 10.2 Å². The van der Waals surface area contributed by atoms with E-state index in [1.54, 1.807) is 0 Å². The fourth-order valence-corrected chi connectivity index (χ4v) is 2.84. The van der Waals surface area contributed by atoms with Crippen molar-refractivity contribution >= 4 is 11.8 Å². The number of piperidine rings is 1. The molecule has 8 heteroatoms. The number of carbonyl (C=O) groups excluding carboxylic acids is 2. The Morgan fingerprint density at radius 3 is 2.50 bits per heavy atom. The van der Waals surface area contributed by atoms with Crippen LogP contribution in [0.25, 0.3) is 0 Å². The number of para-hydroxylation sites is 1. The van der Waals surface area contributed by atoms with E-state index in [9.17, 15) is 22.8 Å². The number of halogens is 3. The lowest BCUT2D eigenvalue weighted by molar-refractivity contribution is -0.186. The molecule has 1 saturated heterocycles. The van der Waals surface area contributed by atoms with Gasteiger partial charge in [-0.1, -0.05) is 18.2 Å². The van der Waals surface area contributed by atoms with Crippen LogP contribution >= 0.6 is 0 Å². The number of hydrogen-bond acceptors (Lipinski definition) is 3. The highest BCUT2D eigenvalue weighted by atomic mass is 19.4. The van der Waals surface area contributed by atoms with Crippen molar-refractivity contribution in [3.05, 3.63) is 29.8 Å². The van der Waals surface area contributed by atoms with Gasteiger partial charge in [0.1, 0.15) is 5.75 Å². The van der Waals surface area contributed by atoms with Gasteiger partial charge >= 0.3 is 12.1 Å². The maximum absolute atomic E-state index is 12.4. The minimum absolute atomic E-state index is 0.000312. The fourth-order valence-electron chi connectivity index (χ4n) is 2.84. The Morgan fingerprint density at radius 2 is 1.88 bits per heavy atom. The van der Waals surface area contributed by atoms with Crippen LogP contribution in [0.1, 0.15) is 31.2 Å². The van der Waals surface area contributed by atoms with Crippen molar-refractivity contribution in [3.63, 3.8) is 0 Å². The predicted molar refractivity (Wildman–Crippen MR) is 89.7 cm³/mol.